The second-order valence-electron chi connectivity index (χ2n) is 5.36. The molecule has 0 unspecified atom stereocenters. The van der Waals surface area contributed by atoms with E-state index in [0.717, 1.165) is 12.2 Å². The molecule has 0 aliphatic rings. The van der Waals surface area contributed by atoms with E-state index in [0.29, 0.717) is 29.4 Å². The molecule has 0 radical (unpaired) electrons. The SMILES string of the molecule is Cc1cc(C#N)nc(NCC(C(C)C)C(C)C)n1. The Morgan fingerprint density at radius 1 is 1.22 bits per heavy atom. The van der Waals surface area contributed by atoms with Crippen molar-refractivity contribution < 1.29 is 0 Å². The van der Waals surface area contributed by atoms with Crippen LogP contribution in [0.2, 0.25) is 0 Å². The molecular weight excluding hydrogens is 224 g/mol. The zero-order valence-corrected chi connectivity index (χ0v) is 11.9. The molecule has 1 aromatic heterocycles. The Bertz CT molecular complexity index is 424. The maximum absolute atomic E-state index is 8.87. The Hall–Kier alpha value is -1.63. The Labute approximate surface area is 109 Å². The van der Waals surface area contributed by atoms with E-state index in [4.69, 9.17) is 5.26 Å². The standard InChI is InChI=1S/C14H22N4/c1-9(2)13(10(3)4)8-16-14-17-11(5)6-12(7-15)18-14/h6,9-10,13H,8H2,1-5H3,(H,16,17,18). The molecule has 0 amide bonds. The Morgan fingerprint density at radius 3 is 2.33 bits per heavy atom. The van der Waals surface area contributed by atoms with E-state index in [1.54, 1.807) is 6.07 Å². The van der Waals surface area contributed by atoms with Crippen LogP contribution in [0.1, 0.15) is 39.1 Å². The molecule has 0 saturated carbocycles. The fraction of sp³-hybridized carbons (Fsp3) is 0.643. The van der Waals surface area contributed by atoms with Crippen LogP contribution < -0.4 is 5.32 Å². The van der Waals surface area contributed by atoms with Crippen LogP contribution in [0.25, 0.3) is 0 Å². The van der Waals surface area contributed by atoms with Crippen molar-refractivity contribution in [3.05, 3.63) is 17.5 Å². The molecule has 0 aromatic carbocycles. The Balaban J connectivity index is 2.74. The van der Waals surface area contributed by atoms with Crippen LogP contribution in [0.4, 0.5) is 5.95 Å². The van der Waals surface area contributed by atoms with Crippen molar-refractivity contribution in [3.63, 3.8) is 0 Å². The number of nitriles is 1. The molecule has 4 nitrogen and oxygen atoms in total. The zero-order valence-electron chi connectivity index (χ0n) is 11.9. The van der Waals surface area contributed by atoms with Crippen LogP contribution >= 0.6 is 0 Å². The van der Waals surface area contributed by atoms with Crippen LogP contribution in [-0.2, 0) is 0 Å². The minimum Gasteiger partial charge on any atom is -0.354 e. The van der Waals surface area contributed by atoms with E-state index in [1.165, 1.54) is 0 Å². The number of nitrogens with one attached hydrogen (secondary N) is 1. The van der Waals surface area contributed by atoms with Gasteiger partial charge in [-0.3, -0.25) is 0 Å². The molecule has 0 saturated heterocycles. The lowest BCUT2D eigenvalue weighted by atomic mass is 9.85. The number of aromatic nitrogens is 2. The summed E-state index contributed by atoms with van der Waals surface area (Å²) in [4.78, 5) is 8.46. The van der Waals surface area contributed by atoms with Gasteiger partial charge in [-0.15, -0.1) is 0 Å². The smallest absolute Gasteiger partial charge is 0.224 e. The van der Waals surface area contributed by atoms with E-state index in [2.05, 4.69) is 49.0 Å². The highest BCUT2D eigenvalue weighted by Crippen LogP contribution is 2.20. The summed E-state index contributed by atoms with van der Waals surface area (Å²) in [6.07, 6.45) is 0. The fourth-order valence-corrected chi connectivity index (χ4v) is 2.16. The van der Waals surface area contributed by atoms with Crippen LogP contribution in [0.3, 0.4) is 0 Å². The highest BCUT2D eigenvalue weighted by atomic mass is 15.1. The third kappa shape index (κ3) is 3.99. The number of rotatable bonds is 5. The van der Waals surface area contributed by atoms with Crippen molar-refractivity contribution in [2.45, 2.75) is 34.6 Å². The maximum atomic E-state index is 8.87. The largest absolute Gasteiger partial charge is 0.354 e. The molecule has 1 N–H and O–H groups in total. The van der Waals surface area contributed by atoms with Gasteiger partial charge in [0.05, 0.1) is 0 Å². The molecule has 98 valence electrons. The summed E-state index contributed by atoms with van der Waals surface area (Å²) in [5.41, 5.74) is 1.23. The van der Waals surface area contributed by atoms with Gasteiger partial charge in [-0.2, -0.15) is 5.26 Å². The molecule has 0 atom stereocenters. The molecule has 1 aromatic rings. The van der Waals surface area contributed by atoms with Crippen LogP contribution in [0.15, 0.2) is 6.07 Å². The van der Waals surface area contributed by atoms with E-state index in [-0.39, 0.29) is 0 Å². The monoisotopic (exact) mass is 246 g/mol. The average Bonchev–Trinajstić information content (AvgIpc) is 2.27. The van der Waals surface area contributed by atoms with Crippen molar-refractivity contribution in [3.8, 4) is 6.07 Å². The number of nitrogens with zero attached hydrogens (tertiary/aromatic N) is 3. The summed E-state index contributed by atoms with van der Waals surface area (Å²) in [5.74, 6) is 2.34. The third-order valence-corrected chi connectivity index (χ3v) is 3.18. The van der Waals surface area contributed by atoms with Crippen LogP contribution in [-0.4, -0.2) is 16.5 Å². The number of hydrogen-bond donors (Lipinski definition) is 1. The predicted molar refractivity (Wildman–Crippen MR) is 73.1 cm³/mol. The second-order valence-corrected chi connectivity index (χ2v) is 5.36. The lowest BCUT2D eigenvalue weighted by Crippen LogP contribution is -2.25. The van der Waals surface area contributed by atoms with Crippen molar-refractivity contribution in [2.24, 2.45) is 17.8 Å². The Morgan fingerprint density at radius 2 is 1.83 bits per heavy atom. The van der Waals surface area contributed by atoms with Gasteiger partial charge in [-0.1, -0.05) is 27.7 Å². The first-order valence-electron chi connectivity index (χ1n) is 6.43. The summed E-state index contributed by atoms with van der Waals surface area (Å²) in [6.45, 7) is 11.6. The molecule has 0 aliphatic carbocycles. The molecule has 18 heavy (non-hydrogen) atoms. The molecular formula is C14H22N4. The van der Waals surface area contributed by atoms with Gasteiger partial charge >= 0.3 is 0 Å². The van der Waals surface area contributed by atoms with Gasteiger partial charge in [0, 0.05) is 12.2 Å². The minimum atomic E-state index is 0.413. The molecule has 0 bridgehead atoms. The summed E-state index contributed by atoms with van der Waals surface area (Å²) in [5, 5.41) is 12.1. The van der Waals surface area contributed by atoms with Crippen LogP contribution in [0.5, 0.6) is 0 Å². The van der Waals surface area contributed by atoms with Gasteiger partial charge in [-0.05, 0) is 30.7 Å². The first-order valence-corrected chi connectivity index (χ1v) is 6.43. The summed E-state index contributed by atoms with van der Waals surface area (Å²) >= 11 is 0. The highest BCUT2D eigenvalue weighted by Gasteiger charge is 2.17. The predicted octanol–water partition coefficient (Wildman–Crippen LogP) is 3.00. The number of hydrogen-bond acceptors (Lipinski definition) is 4. The van der Waals surface area contributed by atoms with Crippen molar-refractivity contribution in [1.29, 1.82) is 5.26 Å². The first-order chi connectivity index (χ1) is 8.43. The normalized spacial score (nSPS) is 11.1. The summed E-state index contributed by atoms with van der Waals surface area (Å²) in [7, 11) is 0. The third-order valence-electron chi connectivity index (χ3n) is 3.18. The van der Waals surface area contributed by atoms with Crippen LogP contribution in [0, 0.1) is 36.0 Å². The fourth-order valence-electron chi connectivity index (χ4n) is 2.16. The molecule has 1 rings (SSSR count). The topological polar surface area (TPSA) is 61.6 Å². The molecule has 0 aliphatic heterocycles. The zero-order chi connectivity index (χ0) is 13.7. The molecule has 1 heterocycles. The quantitative estimate of drug-likeness (QED) is 0.867. The van der Waals surface area contributed by atoms with E-state index in [9.17, 15) is 0 Å². The van der Waals surface area contributed by atoms with Gasteiger partial charge in [0.15, 0.2) is 0 Å². The van der Waals surface area contributed by atoms with Gasteiger partial charge in [0.25, 0.3) is 0 Å². The highest BCUT2D eigenvalue weighted by molar-refractivity contribution is 5.32. The van der Waals surface area contributed by atoms with E-state index in [1.807, 2.05) is 6.92 Å². The number of aryl methyl sites for hydroxylation is 1. The second kappa shape index (κ2) is 6.34. The van der Waals surface area contributed by atoms with Gasteiger partial charge in [0.2, 0.25) is 5.95 Å². The summed E-state index contributed by atoms with van der Waals surface area (Å²) < 4.78 is 0. The minimum absolute atomic E-state index is 0.413. The van der Waals surface area contributed by atoms with Crippen molar-refractivity contribution in [1.82, 2.24) is 9.97 Å². The molecule has 4 heteroatoms. The summed E-state index contributed by atoms with van der Waals surface area (Å²) in [6, 6.07) is 3.74. The van der Waals surface area contributed by atoms with Gasteiger partial charge in [-0.25, -0.2) is 9.97 Å². The maximum Gasteiger partial charge on any atom is 0.224 e. The first kappa shape index (κ1) is 14.4. The van der Waals surface area contributed by atoms with Crippen molar-refractivity contribution >= 4 is 5.95 Å². The lowest BCUT2D eigenvalue weighted by molar-refractivity contribution is 0.304. The molecule has 0 fully saturated rings. The average molecular weight is 246 g/mol. The Kier molecular flexibility index (Phi) is 5.08. The van der Waals surface area contributed by atoms with E-state index >= 15 is 0 Å². The molecule has 0 spiro atoms. The van der Waals surface area contributed by atoms with Crippen molar-refractivity contribution in [2.75, 3.05) is 11.9 Å². The lowest BCUT2D eigenvalue weighted by Gasteiger charge is -2.25. The van der Waals surface area contributed by atoms with Gasteiger partial charge in [0.1, 0.15) is 11.8 Å². The van der Waals surface area contributed by atoms with E-state index < -0.39 is 0 Å². The van der Waals surface area contributed by atoms with Gasteiger partial charge < -0.3 is 5.32 Å². The number of anilines is 1.